The van der Waals surface area contributed by atoms with Gasteiger partial charge in [-0.15, -0.1) is 0 Å². The molecule has 0 aliphatic carbocycles. The van der Waals surface area contributed by atoms with Crippen LogP contribution in [0.1, 0.15) is 50.2 Å². The summed E-state index contributed by atoms with van der Waals surface area (Å²) in [7, 11) is -4.07. The van der Waals surface area contributed by atoms with E-state index in [0.717, 1.165) is 50.8 Å². The highest BCUT2D eigenvalue weighted by Crippen LogP contribution is 2.30. The van der Waals surface area contributed by atoms with Crippen molar-refractivity contribution in [3.63, 3.8) is 0 Å². The van der Waals surface area contributed by atoms with Crippen molar-refractivity contribution in [2.24, 2.45) is 0 Å². The molecule has 176 valence electrons. The van der Waals surface area contributed by atoms with Crippen molar-refractivity contribution in [1.82, 2.24) is 4.57 Å². The number of sulfone groups is 1. The molecule has 0 unspecified atom stereocenters. The van der Waals surface area contributed by atoms with Gasteiger partial charge in [-0.1, -0.05) is 25.5 Å². The van der Waals surface area contributed by atoms with E-state index in [1.54, 1.807) is 25.1 Å². The molecule has 0 saturated carbocycles. The monoisotopic (exact) mass is 470 g/mol. The molecular weight excluding hydrogens is 439 g/mol. The maximum Gasteiger partial charge on any atom is 0.212 e. The van der Waals surface area contributed by atoms with Crippen molar-refractivity contribution < 1.29 is 12.8 Å². The van der Waals surface area contributed by atoms with Gasteiger partial charge in [0.05, 0.1) is 21.5 Å². The number of anilines is 1. The Morgan fingerprint density at radius 1 is 1.00 bits per heavy atom. The van der Waals surface area contributed by atoms with Gasteiger partial charge in [-0.25, -0.2) is 12.8 Å². The molecule has 7 heteroatoms. The Bertz CT molecular complexity index is 1360. The topological polar surface area (TPSA) is 59.4 Å². The SMILES string of the molecule is CCCCn1cc(S(=O)(=O)c2cc(C)ccc2C)c(=O)c2cc(F)c(N3CCCCC3)cc21. The second-order valence-corrected chi connectivity index (χ2v) is 10.9. The molecule has 0 radical (unpaired) electrons. The zero-order valence-corrected chi connectivity index (χ0v) is 20.3. The smallest absolute Gasteiger partial charge is 0.212 e. The van der Waals surface area contributed by atoms with Gasteiger partial charge in [0.25, 0.3) is 0 Å². The van der Waals surface area contributed by atoms with Gasteiger partial charge in [-0.3, -0.25) is 4.79 Å². The maximum absolute atomic E-state index is 15.2. The van der Waals surface area contributed by atoms with Crippen molar-refractivity contribution in [2.45, 2.75) is 69.2 Å². The third-order valence-electron chi connectivity index (χ3n) is 6.49. The number of rotatable bonds is 6. The molecular formula is C26H31FN2O3S. The Morgan fingerprint density at radius 2 is 1.73 bits per heavy atom. The summed E-state index contributed by atoms with van der Waals surface area (Å²) in [5.41, 5.74) is 1.78. The van der Waals surface area contributed by atoms with Crippen LogP contribution in [0.4, 0.5) is 10.1 Å². The number of aromatic nitrogens is 1. The quantitative estimate of drug-likeness (QED) is 0.485. The standard InChI is InChI=1S/C26H31FN2O3S/c1-4-5-11-29-17-25(33(31,32)24-14-18(2)9-10-19(24)3)26(30)20-15-21(27)23(16-22(20)29)28-12-7-6-8-13-28/h9-10,14-17H,4-8,11-13H2,1-3H3. The molecule has 1 fully saturated rings. The summed E-state index contributed by atoms with van der Waals surface area (Å²) in [6.45, 7) is 7.69. The fourth-order valence-electron chi connectivity index (χ4n) is 4.57. The third-order valence-corrected chi connectivity index (χ3v) is 8.38. The van der Waals surface area contributed by atoms with Crippen LogP contribution in [0.3, 0.4) is 0 Å². The average molecular weight is 471 g/mol. The van der Waals surface area contributed by atoms with Crippen LogP contribution in [-0.4, -0.2) is 26.1 Å². The Balaban J connectivity index is 1.96. The van der Waals surface area contributed by atoms with Crippen LogP contribution in [-0.2, 0) is 16.4 Å². The van der Waals surface area contributed by atoms with Crippen molar-refractivity contribution in [3.8, 4) is 0 Å². The van der Waals surface area contributed by atoms with Gasteiger partial charge in [0.2, 0.25) is 15.3 Å². The summed E-state index contributed by atoms with van der Waals surface area (Å²) in [6, 6.07) is 8.12. The zero-order chi connectivity index (χ0) is 23.8. The molecule has 2 aromatic carbocycles. The first kappa shape index (κ1) is 23.5. The Labute approximate surface area is 194 Å². The highest BCUT2D eigenvalue weighted by atomic mass is 32.2. The molecule has 1 saturated heterocycles. The lowest BCUT2D eigenvalue weighted by Crippen LogP contribution is -2.30. The van der Waals surface area contributed by atoms with E-state index in [9.17, 15) is 13.2 Å². The molecule has 0 amide bonds. The second kappa shape index (κ2) is 9.29. The lowest BCUT2D eigenvalue weighted by Gasteiger charge is -2.29. The van der Waals surface area contributed by atoms with Crippen LogP contribution in [0.15, 0.2) is 51.1 Å². The van der Waals surface area contributed by atoms with Crippen molar-refractivity contribution in [1.29, 1.82) is 0 Å². The molecule has 2 heterocycles. The van der Waals surface area contributed by atoms with Crippen LogP contribution < -0.4 is 10.3 Å². The number of fused-ring (bicyclic) bond motifs is 1. The molecule has 1 aromatic heterocycles. The van der Waals surface area contributed by atoms with Crippen molar-refractivity contribution in [2.75, 3.05) is 18.0 Å². The molecule has 1 aliphatic heterocycles. The van der Waals surface area contributed by atoms with Crippen LogP contribution in [0.2, 0.25) is 0 Å². The minimum atomic E-state index is -4.07. The number of halogens is 1. The number of aryl methyl sites for hydroxylation is 3. The number of pyridine rings is 1. The van der Waals surface area contributed by atoms with Gasteiger partial charge in [0.15, 0.2) is 0 Å². The van der Waals surface area contributed by atoms with Gasteiger partial charge < -0.3 is 9.47 Å². The Kier molecular flexibility index (Phi) is 6.61. The molecule has 0 bridgehead atoms. The van der Waals surface area contributed by atoms with Crippen LogP contribution in [0, 0.1) is 19.7 Å². The highest BCUT2D eigenvalue weighted by Gasteiger charge is 2.27. The first-order valence-electron chi connectivity index (χ1n) is 11.7. The lowest BCUT2D eigenvalue weighted by atomic mass is 10.1. The Morgan fingerprint density at radius 3 is 2.42 bits per heavy atom. The number of hydrogen-bond acceptors (Lipinski definition) is 4. The first-order chi connectivity index (χ1) is 15.7. The third kappa shape index (κ3) is 4.43. The predicted molar refractivity (Wildman–Crippen MR) is 131 cm³/mol. The van der Waals surface area contributed by atoms with Crippen molar-refractivity contribution >= 4 is 26.4 Å². The molecule has 0 atom stereocenters. The van der Waals surface area contributed by atoms with Crippen LogP contribution in [0.25, 0.3) is 10.9 Å². The Hall–Kier alpha value is -2.67. The van der Waals surface area contributed by atoms with Gasteiger partial charge in [-0.05, 0) is 68.9 Å². The minimum Gasteiger partial charge on any atom is -0.369 e. The van der Waals surface area contributed by atoms with Crippen molar-refractivity contribution in [3.05, 3.63) is 63.7 Å². The van der Waals surface area contributed by atoms with E-state index in [0.29, 0.717) is 23.3 Å². The molecule has 3 aromatic rings. The number of unbranched alkanes of at least 4 members (excludes halogenated alkanes) is 1. The molecule has 5 nitrogen and oxygen atoms in total. The van der Waals surface area contributed by atoms with E-state index in [2.05, 4.69) is 6.92 Å². The fraction of sp³-hybridized carbons (Fsp3) is 0.423. The van der Waals surface area contributed by atoms with E-state index in [1.165, 1.54) is 12.3 Å². The first-order valence-corrected chi connectivity index (χ1v) is 13.2. The summed E-state index contributed by atoms with van der Waals surface area (Å²) < 4.78 is 44.2. The zero-order valence-electron chi connectivity index (χ0n) is 19.5. The summed E-state index contributed by atoms with van der Waals surface area (Å²) in [5.74, 6) is -0.482. The molecule has 0 N–H and O–H groups in total. The summed E-state index contributed by atoms with van der Waals surface area (Å²) in [4.78, 5) is 15.3. The number of nitrogens with zero attached hydrogens (tertiary/aromatic N) is 2. The molecule has 1 aliphatic rings. The highest BCUT2D eigenvalue weighted by molar-refractivity contribution is 7.91. The van der Waals surface area contributed by atoms with E-state index < -0.39 is 21.1 Å². The predicted octanol–water partition coefficient (Wildman–Crippen LogP) is 5.38. The fourth-order valence-corrected chi connectivity index (χ4v) is 6.26. The van der Waals surface area contributed by atoms with E-state index >= 15 is 4.39 Å². The number of piperidine rings is 1. The van der Waals surface area contributed by atoms with E-state index in [1.807, 2.05) is 22.5 Å². The van der Waals surface area contributed by atoms with Gasteiger partial charge >= 0.3 is 0 Å². The van der Waals surface area contributed by atoms with Gasteiger partial charge in [0.1, 0.15) is 10.7 Å². The largest absolute Gasteiger partial charge is 0.369 e. The van der Waals surface area contributed by atoms with Gasteiger partial charge in [-0.2, -0.15) is 0 Å². The second-order valence-electron chi connectivity index (χ2n) is 9.01. The summed E-state index contributed by atoms with van der Waals surface area (Å²) >= 11 is 0. The van der Waals surface area contributed by atoms with Crippen LogP contribution in [0.5, 0.6) is 0 Å². The van der Waals surface area contributed by atoms with E-state index in [-0.39, 0.29) is 15.2 Å². The lowest BCUT2D eigenvalue weighted by molar-refractivity contribution is 0.557. The minimum absolute atomic E-state index is 0.107. The van der Waals surface area contributed by atoms with Crippen LogP contribution >= 0.6 is 0 Å². The van der Waals surface area contributed by atoms with E-state index in [4.69, 9.17) is 0 Å². The molecule has 0 spiro atoms. The summed E-state index contributed by atoms with van der Waals surface area (Å²) in [6.07, 6.45) is 6.33. The number of hydrogen-bond donors (Lipinski definition) is 0. The maximum atomic E-state index is 15.2. The average Bonchev–Trinajstić information content (AvgIpc) is 2.80. The molecule has 4 rings (SSSR count). The summed E-state index contributed by atoms with van der Waals surface area (Å²) in [5, 5.41) is 0.107. The normalized spacial score (nSPS) is 14.7. The number of benzene rings is 2. The molecule has 33 heavy (non-hydrogen) atoms. The van der Waals surface area contributed by atoms with Gasteiger partial charge in [0, 0.05) is 25.8 Å².